The molecule has 3 N–H and O–H groups in total. The highest BCUT2D eigenvalue weighted by Gasteiger charge is 2.27. The maximum absolute atomic E-state index is 12.4. The number of hydrogen-bond donors (Lipinski definition) is 2. The topological polar surface area (TPSA) is 73.6 Å². The van der Waals surface area contributed by atoms with E-state index < -0.39 is 0 Å². The number of anilines is 2. The highest BCUT2D eigenvalue weighted by atomic mass is 16.5. The van der Waals surface area contributed by atoms with Crippen LogP contribution in [0.3, 0.4) is 0 Å². The van der Waals surface area contributed by atoms with Gasteiger partial charge in [-0.1, -0.05) is 32.9 Å². The average molecular weight is 441 g/mol. The lowest BCUT2D eigenvalue weighted by molar-refractivity contribution is -0.121. The zero-order valence-electron chi connectivity index (χ0n) is 20.5. The molecule has 0 aliphatic heterocycles. The molecule has 0 bridgehead atoms. The summed E-state index contributed by atoms with van der Waals surface area (Å²) in [6.45, 7) is 8.62. The minimum atomic E-state index is 0.156. The molecule has 0 heterocycles. The fourth-order valence-electron chi connectivity index (χ4n) is 4.34. The smallest absolute Gasteiger partial charge is 0.227 e. The van der Waals surface area contributed by atoms with Crippen molar-refractivity contribution in [3.05, 3.63) is 47.5 Å². The van der Waals surface area contributed by atoms with Gasteiger partial charge in [0.25, 0.3) is 0 Å². The molecule has 32 heavy (non-hydrogen) atoms. The van der Waals surface area contributed by atoms with Gasteiger partial charge in [-0.3, -0.25) is 4.79 Å². The summed E-state index contributed by atoms with van der Waals surface area (Å²) >= 11 is 0. The Balaban J connectivity index is 0.000000278. The van der Waals surface area contributed by atoms with Crippen molar-refractivity contribution >= 4 is 17.3 Å². The van der Waals surface area contributed by atoms with Crippen LogP contribution in [-0.4, -0.2) is 20.1 Å². The van der Waals surface area contributed by atoms with Crippen LogP contribution in [-0.2, 0) is 11.2 Å². The zero-order chi connectivity index (χ0) is 23.7. The van der Waals surface area contributed by atoms with Crippen LogP contribution in [0.4, 0.5) is 11.4 Å². The van der Waals surface area contributed by atoms with Gasteiger partial charge in [0.1, 0.15) is 11.5 Å². The number of hydrogen-bond acceptors (Lipinski definition) is 4. The molecule has 0 radical (unpaired) electrons. The van der Waals surface area contributed by atoms with Crippen LogP contribution in [0, 0.1) is 24.7 Å². The van der Waals surface area contributed by atoms with Gasteiger partial charge in [-0.2, -0.15) is 0 Å². The Morgan fingerprint density at radius 2 is 1.72 bits per heavy atom. The summed E-state index contributed by atoms with van der Waals surface area (Å²) in [5.74, 6) is 3.53. The van der Waals surface area contributed by atoms with Crippen LogP contribution in [0.2, 0.25) is 0 Å². The van der Waals surface area contributed by atoms with E-state index in [2.05, 4.69) is 26.1 Å². The molecule has 1 saturated carbocycles. The molecule has 0 aromatic heterocycles. The van der Waals surface area contributed by atoms with Gasteiger partial charge in [-0.05, 0) is 74.6 Å². The summed E-state index contributed by atoms with van der Waals surface area (Å²) in [6.07, 6.45) is 5.28. The lowest BCUT2D eigenvalue weighted by Crippen LogP contribution is -2.28. The van der Waals surface area contributed by atoms with Crippen LogP contribution in [0.15, 0.2) is 36.4 Å². The lowest BCUT2D eigenvalue weighted by atomic mass is 9.76. The quantitative estimate of drug-likeness (QED) is 0.521. The Morgan fingerprint density at radius 1 is 1.06 bits per heavy atom. The van der Waals surface area contributed by atoms with Crippen molar-refractivity contribution in [2.75, 3.05) is 25.3 Å². The van der Waals surface area contributed by atoms with Gasteiger partial charge in [0.05, 0.1) is 14.2 Å². The molecule has 1 aliphatic rings. The van der Waals surface area contributed by atoms with Gasteiger partial charge in [0.2, 0.25) is 5.91 Å². The van der Waals surface area contributed by atoms with Crippen LogP contribution in [0.1, 0.15) is 57.6 Å². The number of ether oxygens (including phenoxy) is 2. The Bertz CT molecular complexity index is 871. The number of methoxy groups -OCH3 is 2. The monoisotopic (exact) mass is 440 g/mol. The van der Waals surface area contributed by atoms with Gasteiger partial charge < -0.3 is 20.5 Å². The molecule has 0 unspecified atom stereocenters. The van der Waals surface area contributed by atoms with Crippen LogP contribution >= 0.6 is 0 Å². The highest BCUT2D eigenvalue weighted by molar-refractivity contribution is 5.92. The normalized spacial score (nSPS) is 17.8. The fraction of sp³-hybridized carbons (Fsp3) is 0.519. The molecule has 0 spiro atoms. The van der Waals surface area contributed by atoms with Crippen LogP contribution in [0.5, 0.6) is 11.5 Å². The number of aryl methyl sites for hydroxylation is 1. The average Bonchev–Trinajstić information content (AvgIpc) is 2.80. The van der Waals surface area contributed by atoms with E-state index in [9.17, 15) is 4.79 Å². The molecule has 2 aromatic carbocycles. The molecular formula is C27H40N2O3. The van der Waals surface area contributed by atoms with Crippen molar-refractivity contribution in [2.45, 2.75) is 59.8 Å². The van der Waals surface area contributed by atoms with E-state index in [0.717, 1.165) is 65.1 Å². The van der Waals surface area contributed by atoms with E-state index in [4.69, 9.17) is 15.2 Å². The second-order valence-electron chi connectivity index (χ2n) is 8.91. The van der Waals surface area contributed by atoms with Crippen molar-refractivity contribution in [3.63, 3.8) is 0 Å². The maximum Gasteiger partial charge on any atom is 0.227 e. The van der Waals surface area contributed by atoms with E-state index in [-0.39, 0.29) is 11.8 Å². The highest BCUT2D eigenvalue weighted by Crippen LogP contribution is 2.34. The molecular weight excluding hydrogens is 400 g/mol. The molecule has 176 valence electrons. The standard InChI is InChI=1S/C18H27NO2.C9H13NO/c1-12(2)14-6-8-15(9-7-14)18(20)19-16-10-5-13(3)17(11-16)21-4;1-3-7-8(10)5-4-6-9(7)11-2/h5,10-12,14-15H,6-9H2,1-4H3,(H,19,20);4-6H,3,10H2,1-2H3. The van der Waals surface area contributed by atoms with Gasteiger partial charge in [-0.15, -0.1) is 0 Å². The van der Waals surface area contributed by atoms with E-state index in [1.807, 2.05) is 43.3 Å². The molecule has 5 heteroatoms. The summed E-state index contributed by atoms with van der Waals surface area (Å²) in [5, 5.41) is 3.04. The third kappa shape index (κ3) is 6.91. The van der Waals surface area contributed by atoms with E-state index in [0.29, 0.717) is 0 Å². The largest absolute Gasteiger partial charge is 0.496 e. The minimum absolute atomic E-state index is 0.156. The SMILES string of the molecule is CCc1c(N)cccc1OC.COc1cc(NC(=O)C2CCC(C(C)C)CC2)ccc1C. The fourth-order valence-corrected chi connectivity index (χ4v) is 4.34. The van der Waals surface area contributed by atoms with Crippen molar-refractivity contribution in [2.24, 2.45) is 17.8 Å². The van der Waals surface area contributed by atoms with E-state index >= 15 is 0 Å². The zero-order valence-corrected chi connectivity index (χ0v) is 20.5. The number of carbonyl (C=O) groups is 1. The first-order chi connectivity index (χ1) is 15.3. The first-order valence-corrected chi connectivity index (χ1v) is 11.7. The summed E-state index contributed by atoms with van der Waals surface area (Å²) < 4.78 is 10.4. The molecule has 0 saturated heterocycles. The van der Waals surface area contributed by atoms with Gasteiger partial charge in [0.15, 0.2) is 0 Å². The summed E-state index contributed by atoms with van der Waals surface area (Å²) in [5.41, 5.74) is 9.54. The summed E-state index contributed by atoms with van der Waals surface area (Å²) in [4.78, 5) is 12.4. The number of nitrogens with two attached hydrogens (primary N) is 1. The molecule has 5 nitrogen and oxygen atoms in total. The number of amides is 1. The lowest BCUT2D eigenvalue weighted by Gasteiger charge is -2.30. The number of carbonyl (C=O) groups excluding carboxylic acids is 1. The number of benzene rings is 2. The first-order valence-electron chi connectivity index (χ1n) is 11.7. The third-order valence-corrected chi connectivity index (χ3v) is 6.50. The maximum atomic E-state index is 12.4. The van der Waals surface area contributed by atoms with Crippen molar-refractivity contribution in [3.8, 4) is 11.5 Å². The number of rotatable bonds is 6. The van der Waals surface area contributed by atoms with Crippen LogP contribution in [0.25, 0.3) is 0 Å². The molecule has 1 aliphatic carbocycles. The van der Waals surface area contributed by atoms with Gasteiger partial charge >= 0.3 is 0 Å². The van der Waals surface area contributed by atoms with Crippen molar-refractivity contribution in [1.29, 1.82) is 0 Å². The minimum Gasteiger partial charge on any atom is -0.496 e. The summed E-state index contributed by atoms with van der Waals surface area (Å²) in [7, 11) is 3.31. The van der Waals surface area contributed by atoms with E-state index in [1.165, 1.54) is 12.8 Å². The Labute approximate surface area is 193 Å². The third-order valence-electron chi connectivity index (χ3n) is 6.50. The van der Waals surface area contributed by atoms with Crippen molar-refractivity contribution < 1.29 is 14.3 Å². The number of nitrogen functional groups attached to an aromatic ring is 1. The van der Waals surface area contributed by atoms with Gasteiger partial charge in [-0.25, -0.2) is 0 Å². The first kappa shape index (κ1) is 25.6. The molecule has 1 fully saturated rings. The Hall–Kier alpha value is -2.69. The molecule has 2 aromatic rings. The molecule has 1 amide bonds. The predicted octanol–water partition coefficient (Wildman–Crippen LogP) is 6.24. The Kier molecular flexibility index (Phi) is 9.89. The van der Waals surface area contributed by atoms with E-state index in [1.54, 1.807) is 14.2 Å². The second-order valence-corrected chi connectivity index (χ2v) is 8.91. The van der Waals surface area contributed by atoms with Crippen LogP contribution < -0.4 is 20.5 Å². The number of nitrogens with one attached hydrogen (secondary N) is 1. The molecule has 3 rings (SSSR count). The second kappa shape index (κ2) is 12.4. The summed E-state index contributed by atoms with van der Waals surface area (Å²) in [6, 6.07) is 11.5. The molecule has 0 atom stereocenters. The predicted molar refractivity (Wildman–Crippen MR) is 133 cm³/mol. The Morgan fingerprint density at radius 3 is 2.25 bits per heavy atom. The van der Waals surface area contributed by atoms with Gasteiger partial charge in [0, 0.05) is 28.9 Å². The van der Waals surface area contributed by atoms with Crippen molar-refractivity contribution in [1.82, 2.24) is 0 Å².